The monoisotopic (exact) mass is 256 g/mol. The van der Waals surface area contributed by atoms with Crippen LogP contribution >= 0.6 is 11.3 Å². The van der Waals surface area contributed by atoms with Crippen LogP contribution in [0.2, 0.25) is 0 Å². The van der Waals surface area contributed by atoms with E-state index in [1.165, 1.54) is 10.4 Å². The minimum atomic E-state index is 0.676. The Morgan fingerprint density at radius 2 is 2.06 bits per heavy atom. The molecule has 0 saturated heterocycles. The summed E-state index contributed by atoms with van der Waals surface area (Å²) in [5.74, 6) is 0.676. The molecule has 0 aliphatic carbocycles. The minimum Gasteiger partial charge on any atom is -0.164 e. The van der Waals surface area contributed by atoms with Crippen molar-refractivity contribution < 1.29 is 0 Å². The Balaban J connectivity index is 2.00. The van der Waals surface area contributed by atoms with Crippen molar-refractivity contribution in [2.45, 2.75) is 13.5 Å². The molecule has 18 heavy (non-hydrogen) atoms. The molecule has 3 aromatic rings. The van der Waals surface area contributed by atoms with E-state index in [4.69, 9.17) is 0 Å². The molecule has 0 amide bonds. The number of rotatable bonds is 3. The van der Waals surface area contributed by atoms with E-state index in [2.05, 4.69) is 45.1 Å². The number of hydrogen-bond donors (Lipinski definition) is 0. The number of aromatic nitrogens is 4. The molecule has 0 atom stereocenters. The van der Waals surface area contributed by atoms with Gasteiger partial charge in [-0.25, -0.2) is 0 Å². The number of tetrazole rings is 1. The molecule has 0 saturated carbocycles. The van der Waals surface area contributed by atoms with E-state index in [0.717, 1.165) is 12.1 Å². The second kappa shape index (κ2) is 4.70. The zero-order chi connectivity index (χ0) is 12.4. The highest BCUT2D eigenvalue weighted by Gasteiger charge is 2.07. The fourth-order valence-electron chi connectivity index (χ4n) is 1.75. The Morgan fingerprint density at radius 3 is 2.78 bits per heavy atom. The summed E-state index contributed by atoms with van der Waals surface area (Å²) in [5.41, 5.74) is 2.19. The smallest absolute Gasteiger partial charge is 0.164 e. The van der Waals surface area contributed by atoms with Gasteiger partial charge in [0.1, 0.15) is 0 Å². The second-order valence-electron chi connectivity index (χ2n) is 3.86. The summed E-state index contributed by atoms with van der Waals surface area (Å²) >= 11 is 1.73. The van der Waals surface area contributed by atoms with Crippen molar-refractivity contribution >= 4 is 11.3 Å². The van der Waals surface area contributed by atoms with Gasteiger partial charge in [0.25, 0.3) is 0 Å². The van der Waals surface area contributed by atoms with Crippen LogP contribution in [0.1, 0.15) is 6.92 Å². The second-order valence-corrected chi connectivity index (χ2v) is 4.81. The quantitative estimate of drug-likeness (QED) is 0.723. The predicted octanol–water partition coefficient (Wildman–Crippen LogP) is 3.09. The van der Waals surface area contributed by atoms with Crippen molar-refractivity contribution in [3.63, 3.8) is 0 Å². The van der Waals surface area contributed by atoms with E-state index in [9.17, 15) is 0 Å². The molecule has 5 heteroatoms. The van der Waals surface area contributed by atoms with Gasteiger partial charge in [-0.05, 0) is 35.2 Å². The van der Waals surface area contributed by atoms with Crippen LogP contribution in [0.4, 0.5) is 0 Å². The van der Waals surface area contributed by atoms with E-state index >= 15 is 0 Å². The molecule has 3 rings (SSSR count). The fourth-order valence-corrected chi connectivity index (χ4v) is 2.47. The third-order valence-corrected chi connectivity index (χ3v) is 3.58. The zero-order valence-electron chi connectivity index (χ0n) is 9.95. The van der Waals surface area contributed by atoms with Crippen molar-refractivity contribution in [1.82, 2.24) is 20.2 Å². The largest absolute Gasteiger partial charge is 0.204 e. The number of hydrogen-bond acceptors (Lipinski definition) is 4. The highest BCUT2D eigenvalue weighted by molar-refractivity contribution is 7.13. The van der Waals surface area contributed by atoms with Gasteiger partial charge >= 0.3 is 0 Å². The number of nitrogens with zero attached hydrogens (tertiary/aromatic N) is 4. The first-order chi connectivity index (χ1) is 8.86. The maximum absolute atomic E-state index is 4.32. The Morgan fingerprint density at radius 1 is 1.17 bits per heavy atom. The van der Waals surface area contributed by atoms with E-state index < -0.39 is 0 Å². The van der Waals surface area contributed by atoms with Crippen LogP contribution in [0.15, 0.2) is 41.8 Å². The van der Waals surface area contributed by atoms with Gasteiger partial charge in [-0.3, -0.25) is 0 Å². The van der Waals surface area contributed by atoms with Gasteiger partial charge in [0.05, 0.1) is 6.54 Å². The summed E-state index contributed by atoms with van der Waals surface area (Å²) in [7, 11) is 0. The van der Waals surface area contributed by atoms with Gasteiger partial charge in [-0.1, -0.05) is 24.3 Å². The van der Waals surface area contributed by atoms with Crippen molar-refractivity contribution in [2.24, 2.45) is 0 Å². The highest BCUT2D eigenvalue weighted by Crippen LogP contribution is 2.27. The third-order valence-electron chi connectivity index (χ3n) is 2.66. The SMILES string of the molecule is CCn1nnc(-c2cccc(-c3cccs3)c2)n1. The van der Waals surface area contributed by atoms with Crippen LogP contribution in [0, 0.1) is 0 Å². The van der Waals surface area contributed by atoms with Crippen LogP contribution < -0.4 is 0 Å². The third kappa shape index (κ3) is 2.04. The fraction of sp³-hybridized carbons (Fsp3) is 0.154. The first kappa shape index (κ1) is 11.1. The standard InChI is InChI=1S/C13H12N4S/c1-2-17-15-13(14-16-17)11-6-3-5-10(9-11)12-7-4-8-18-12/h3-9H,2H2,1H3. The van der Waals surface area contributed by atoms with Crippen LogP contribution in [0.25, 0.3) is 21.8 Å². The highest BCUT2D eigenvalue weighted by atomic mass is 32.1. The molecule has 0 unspecified atom stereocenters. The lowest BCUT2D eigenvalue weighted by atomic mass is 10.1. The Kier molecular flexibility index (Phi) is 2.90. The normalized spacial score (nSPS) is 10.7. The van der Waals surface area contributed by atoms with E-state index in [-0.39, 0.29) is 0 Å². The molecule has 0 bridgehead atoms. The summed E-state index contributed by atoms with van der Waals surface area (Å²) < 4.78 is 0. The Bertz CT molecular complexity index is 643. The molecular weight excluding hydrogens is 244 g/mol. The van der Waals surface area contributed by atoms with Crippen molar-refractivity contribution in [3.05, 3.63) is 41.8 Å². The average molecular weight is 256 g/mol. The van der Waals surface area contributed by atoms with Gasteiger partial charge in [0.2, 0.25) is 5.82 Å². The van der Waals surface area contributed by atoms with Crippen molar-refractivity contribution in [2.75, 3.05) is 0 Å². The first-order valence-electron chi connectivity index (χ1n) is 5.79. The van der Waals surface area contributed by atoms with Crippen LogP contribution in [-0.2, 0) is 6.54 Å². The zero-order valence-corrected chi connectivity index (χ0v) is 10.8. The molecule has 0 aliphatic heterocycles. The molecule has 0 fully saturated rings. The first-order valence-corrected chi connectivity index (χ1v) is 6.67. The molecular formula is C13H12N4S. The molecule has 2 heterocycles. The summed E-state index contributed by atoms with van der Waals surface area (Å²) in [4.78, 5) is 2.84. The van der Waals surface area contributed by atoms with Crippen molar-refractivity contribution in [1.29, 1.82) is 0 Å². The minimum absolute atomic E-state index is 0.676. The predicted molar refractivity (Wildman–Crippen MR) is 72.2 cm³/mol. The molecule has 0 radical (unpaired) electrons. The lowest BCUT2D eigenvalue weighted by Crippen LogP contribution is -1.98. The van der Waals surface area contributed by atoms with Crippen molar-refractivity contribution in [3.8, 4) is 21.8 Å². The van der Waals surface area contributed by atoms with Gasteiger partial charge in [0.15, 0.2) is 0 Å². The molecule has 0 aliphatic rings. The van der Waals surface area contributed by atoms with Gasteiger partial charge in [-0.15, -0.1) is 21.5 Å². The molecule has 0 spiro atoms. The van der Waals surface area contributed by atoms with Crippen LogP contribution in [0.5, 0.6) is 0 Å². The molecule has 0 N–H and O–H groups in total. The van der Waals surface area contributed by atoms with E-state index in [1.807, 2.05) is 19.1 Å². The Labute approximate surface area is 109 Å². The molecule has 90 valence electrons. The lowest BCUT2D eigenvalue weighted by Gasteiger charge is -1.99. The number of benzene rings is 1. The molecule has 1 aromatic carbocycles. The summed E-state index contributed by atoms with van der Waals surface area (Å²) in [6.07, 6.45) is 0. The van der Waals surface area contributed by atoms with E-state index in [0.29, 0.717) is 5.82 Å². The van der Waals surface area contributed by atoms with Gasteiger partial charge in [0, 0.05) is 10.4 Å². The van der Waals surface area contributed by atoms with Gasteiger partial charge < -0.3 is 0 Å². The summed E-state index contributed by atoms with van der Waals surface area (Å²) in [6, 6.07) is 12.4. The maximum atomic E-state index is 4.32. The maximum Gasteiger partial charge on any atom is 0.204 e. The van der Waals surface area contributed by atoms with Crippen LogP contribution in [-0.4, -0.2) is 20.2 Å². The Hall–Kier alpha value is -2.01. The molecule has 2 aromatic heterocycles. The van der Waals surface area contributed by atoms with Gasteiger partial charge in [-0.2, -0.15) is 4.80 Å². The topological polar surface area (TPSA) is 43.6 Å². The number of aryl methyl sites for hydroxylation is 1. The average Bonchev–Trinajstić information content (AvgIpc) is 3.10. The molecule has 4 nitrogen and oxygen atoms in total. The lowest BCUT2D eigenvalue weighted by molar-refractivity contribution is 0.553. The van der Waals surface area contributed by atoms with E-state index in [1.54, 1.807) is 16.1 Å². The number of thiophene rings is 1. The summed E-state index contributed by atoms with van der Waals surface area (Å²) in [5, 5.41) is 14.4. The van der Waals surface area contributed by atoms with Crippen LogP contribution in [0.3, 0.4) is 0 Å². The summed E-state index contributed by atoms with van der Waals surface area (Å²) in [6.45, 7) is 2.73.